The van der Waals surface area contributed by atoms with Crippen LogP contribution in [-0.2, 0) is 4.74 Å². The lowest BCUT2D eigenvalue weighted by Gasteiger charge is -2.05. The third kappa shape index (κ3) is 2.54. The fraction of sp³-hybridized carbons (Fsp3) is 0.300. The lowest BCUT2D eigenvalue weighted by molar-refractivity contribution is 0.0600. The highest BCUT2D eigenvalue weighted by Gasteiger charge is 2.09. The molecule has 0 heterocycles. The zero-order valence-corrected chi connectivity index (χ0v) is 9.25. The van der Waals surface area contributed by atoms with Crippen molar-refractivity contribution in [3.63, 3.8) is 0 Å². The number of ether oxygens (including phenoxy) is 1. The van der Waals surface area contributed by atoms with Crippen LogP contribution in [0.2, 0.25) is 0 Å². The van der Waals surface area contributed by atoms with Crippen LogP contribution in [0, 0.1) is 0 Å². The van der Waals surface area contributed by atoms with Crippen LogP contribution in [0.4, 0.5) is 4.39 Å². The molecule has 0 saturated carbocycles. The van der Waals surface area contributed by atoms with Crippen molar-refractivity contribution in [1.29, 1.82) is 0 Å². The summed E-state index contributed by atoms with van der Waals surface area (Å²) >= 11 is 3.05. The molecule has 0 radical (unpaired) electrons. The molecule has 0 bridgehead atoms. The average Bonchev–Trinajstić information content (AvgIpc) is 2.27. The van der Waals surface area contributed by atoms with Gasteiger partial charge < -0.3 is 4.74 Å². The van der Waals surface area contributed by atoms with Gasteiger partial charge in [0.1, 0.15) is 6.17 Å². The normalized spacial score (nSPS) is 12.2. The fourth-order valence-electron chi connectivity index (χ4n) is 1.03. The number of hydrogen-bond donors (Lipinski definition) is 0. The molecule has 0 amide bonds. The summed E-state index contributed by atoms with van der Waals surface area (Å²) in [5, 5.41) is 0.255. The van der Waals surface area contributed by atoms with E-state index in [1.54, 1.807) is 24.3 Å². The van der Waals surface area contributed by atoms with E-state index in [0.717, 1.165) is 0 Å². The topological polar surface area (TPSA) is 26.3 Å². The molecule has 2 nitrogen and oxygen atoms in total. The number of carbonyl (C=O) groups excluding carboxylic acids is 1. The van der Waals surface area contributed by atoms with Gasteiger partial charge in [-0.1, -0.05) is 28.1 Å². The Kier molecular flexibility index (Phi) is 4.07. The first-order valence-electron chi connectivity index (χ1n) is 4.07. The quantitative estimate of drug-likeness (QED) is 0.617. The third-order valence-corrected chi connectivity index (χ3v) is 2.40. The monoisotopic (exact) mass is 260 g/mol. The van der Waals surface area contributed by atoms with Crippen LogP contribution in [0.3, 0.4) is 0 Å². The van der Waals surface area contributed by atoms with Gasteiger partial charge in [-0.15, -0.1) is 0 Å². The molecule has 0 aliphatic rings. The smallest absolute Gasteiger partial charge is 0.337 e. The van der Waals surface area contributed by atoms with E-state index in [4.69, 9.17) is 0 Å². The van der Waals surface area contributed by atoms with Crippen LogP contribution in [0.25, 0.3) is 0 Å². The highest BCUT2D eigenvalue weighted by molar-refractivity contribution is 9.09. The molecule has 0 aromatic heterocycles. The van der Waals surface area contributed by atoms with Crippen molar-refractivity contribution in [2.24, 2.45) is 0 Å². The first kappa shape index (κ1) is 11.2. The van der Waals surface area contributed by atoms with Gasteiger partial charge in [-0.05, 0) is 17.7 Å². The molecule has 0 spiro atoms. The second kappa shape index (κ2) is 5.10. The molecule has 0 aliphatic heterocycles. The minimum Gasteiger partial charge on any atom is -0.465 e. The van der Waals surface area contributed by atoms with Gasteiger partial charge in [-0.3, -0.25) is 0 Å². The van der Waals surface area contributed by atoms with Crippen molar-refractivity contribution in [2.75, 3.05) is 12.4 Å². The van der Waals surface area contributed by atoms with Crippen molar-refractivity contribution >= 4 is 21.9 Å². The van der Waals surface area contributed by atoms with Gasteiger partial charge in [0.15, 0.2) is 0 Å². The van der Waals surface area contributed by atoms with Crippen molar-refractivity contribution in [2.45, 2.75) is 6.17 Å². The van der Waals surface area contributed by atoms with Gasteiger partial charge in [-0.2, -0.15) is 0 Å². The molecular formula is C10H10BrFO2. The summed E-state index contributed by atoms with van der Waals surface area (Å²) in [5.74, 6) is -0.411. The summed E-state index contributed by atoms with van der Waals surface area (Å²) in [6.07, 6.45) is -1.04. The predicted molar refractivity (Wildman–Crippen MR) is 55.4 cm³/mol. The van der Waals surface area contributed by atoms with Crippen LogP contribution < -0.4 is 0 Å². The van der Waals surface area contributed by atoms with E-state index in [1.165, 1.54) is 7.11 Å². The van der Waals surface area contributed by atoms with Crippen molar-refractivity contribution in [3.8, 4) is 0 Å². The van der Waals surface area contributed by atoms with E-state index in [-0.39, 0.29) is 5.33 Å². The van der Waals surface area contributed by atoms with Crippen LogP contribution in [0.1, 0.15) is 22.1 Å². The largest absolute Gasteiger partial charge is 0.465 e. The standard InChI is InChI=1S/C10H10BrFO2/c1-14-10(13)8-4-2-7(3-5-8)9(12)6-11/h2-5,9H,6H2,1H3. The van der Waals surface area contributed by atoms with Crippen LogP contribution in [0.15, 0.2) is 24.3 Å². The van der Waals surface area contributed by atoms with Crippen LogP contribution in [0.5, 0.6) is 0 Å². The first-order chi connectivity index (χ1) is 6.69. The van der Waals surface area contributed by atoms with E-state index in [0.29, 0.717) is 11.1 Å². The van der Waals surface area contributed by atoms with Crippen molar-refractivity contribution < 1.29 is 13.9 Å². The molecule has 1 aromatic carbocycles. The molecule has 0 fully saturated rings. The molecule has 0 saturated heterocycles. The predicted octanol–water partition coefficient (Wildman–Crippen LogP) is 2.88. The Morgan fingerprint density at radius 2 is 2.07 bits per heavy atom. The maximum Gasteiger partial charge on any atom is 0.337 e. The molecule has 1 unspecified atom stereocenters. The summed E-state index contributed by atoms with van der Waals surface area (Å²) in [4.78, 5) is 11.0. The lowest BCUT2D eigenvalue weighted by Crippen LogP contribution is -2.01. The number of carbonyl (C=O) groups is 1. The number of halogens is 2. The molecule has 76 valence electrons. The van der Waals surface area contributed by atoms with E-state index in [9.17, 15) is 9.18 Å². The number of hydrogen-bond acceptors (Lipinski definition) is 2. The maximum absolute atomic E-state index is 13.1. The summed E-state index contributed by atoms with van der Waals surface area (Å²) < 4.78 is 17.6. The van der Waals surface area contributed by atoms with E-state index < -0.39 is 12.1 Å². The Morgan fingerprint density at radius 3 is 2.50 bits per heavy atom. The fourth-order valence-corrected chi connectivity index (χ4v) is 1.41. The number of rotatable bonds is 3. The van der Waals surface area contributed by atoms with Crippen LogP contribution in [-0.4, -0.2) is 18.4 Å². The zero-order chi connectivity index (χ0) is 10.6. The van der Waals surface area contributed by atoms with Gasteiger partial charge in [0, 0.05) is 5.33 Å². The van der Waals surface area contributed by atoms with Crippen LogP contribution >= 0.6 is 15.9 Å². The maximum atomic E-state index is 13.1. The van der Waals surface area contributed by atoms with Gasteiger partial charge in [0.05, 0.1) is 12.7 Å². The number of alkyl halides is 2. The number of benzene rings is 1. The van der Waals surface area contributed by atoms with Gasteiger partial charge in [0.25, 0.3) is 0 Å². The van der Waals surface area contributed by atoms with E-state index in [1.807, 2.05) is 0 Å². The molecule has 1 aromatic rings. The Balaban J connectivity index is 2.83. The molecular weight excluding hydrogens is 251 g/mol. The van der Waals surface area contributed by atoms with E-state index >= 15 is 0 Å². The summed E-state index contributed by atoms with van der Waals surface area (Å²) in [5.41, 5.74) is 0.979. The van der Waals surface area contributed by atoms with Gasteiger partial charge in [-0.25, -0.2) is 9.18 Å². The molecule has 1 rings (SSSR count). The average molecular weight is 261 g/mol. The third-order valence-electron chi connectivity index (χ3n) is 1.83. The summed E-state index contributed by atoms with van der Waals surface area (Å²) in [6, 6.07) is 6.27. The molecule has 14 heavy (non-hydrogen) atoms. The first-order valence-corrected chi connectivity index (χ1v) is 5.19. The van der Waals surface area contributed by atoms with E-state index in [2.05, 4.69) is 20.7 Å². The number of esters is 1. The minimum absolute atomic E-state index is 0.255. The highest BCUT2D eigenvalue weighted by atomic mass is 79.9. The highest BCUT2D eigenvalue weighted by Crippen LogP contribution is 2.19. The summed E-state index contributed by atoms with van der Waals surface area (Å²) in [7, 11) is 1.31. The number of methoxy groups -OCH3 is 1. The Bertz CT molecular complexity index is 310. The lowest BCUT2D eigenvalue weighted by atomic mass is 10.1. The second-order valence-corrected chi connectivity index (χ2v) is 3.38. The zero-order valence-electron chi connectivity index (χ0n) is 7.67. The Morgan fingerprint density at radius 1 is 1.50 bits per heavy atom. The minimum atomic E-state index is -1.04. The Hall–Kier alpha value is -0.900. The van der Waals surface area contributed by atoms with Crippen molar-refractivity contribution in [1.82, 2.24) is 0 Å². The van der Waals surface area contributed by atoms with Crippen molar-refractivity contribution in [3.05, 3.63) is 35.4 Å². The molecule has 4 heteroatoms. The van der Waals surface area contributed by atoms with Gasteiger partial charge in [0.2, 0.25) is 0 Å². The SMILES string of the molecule is COC(=O)c1ccc(C(F)CBr)cc1. The molecule has 1 atom stereocenters. The molecule has 0 N–H and O–H groups in total. The molecule has 0 aliphatic carbocycles. The summed E-state index contributed by atoms with van der Waals surface area (Å²) in [6.45, 7) is 0. The van der Waals surface area contributed by atoms with Gasteiger partial charge >= 0.3 is 5.97 Å². The Labute approximate surface area is 90.2 Å². The second-order valence-electron chi connectivity index (χ2n) is 2.74.